The van der Waals surface area contributed by atoms with E-state index in [9.17, 15) is 29.6 Å². The molecule has 0 saturated carbocycles. The van der Waals surface area contributed by atoms with Gasteiger partial charge < -0.3 is 24.4 Å². The Morgan fingerprint density at radius 2 is 1.95 bits per heavy atom. The zero-order valence-electron chi connectivity index (χ0n) is 22.5. The van der Waals surface area contributed by atoms with Gasteiger partial charge in [-0.05, 0) is 56.1 Å². The number of nitro groups is 1. The van der Waals surface area contributed by atoms with E-state index in [0.29, 0.717) is 24.2 Å². The van der Waals surface area contributed by atoms with E-state index in [0.717, 1.165) is 24.1 Å². The second kappa shape index (κ2) is 10.1. The Bertz CT molecular complexity index is 1310. The summed E-state index contributed by atoms with van der Waals surface area (Å²) >= 11 is 0. The number of hydrogen-bond donors (Lipinski definition) is 2. The van der Waals surface area contributed by atoms with Gasteiger partial charge in [0.15, 0.2) is 13.9 Å². The number of carbonyl (C=O) groups is 2. The number of nitro benzene ring substituents is 1. The first-order valence-electron chi connectivity index (χ1n) is 13.5. The van der Waals surface area contributed by atoms with Gasteiger partial charge in [-0.15, -0.1) is 0 Å². The summed E-state index contributed by atoms with van der Waals surface area (Å²) in [5.74, 6) is -0.734. The molecule has 0 aliphatic carbocycles. The molecule has 2 N–H and O–H groups in total. The molecule has 0 aromatic heterocycles. The molecule has 5 rings (SSSR count). The molecule has 39 heavy (non-hydrogen) atoms. The summed E-state index contributed by atoms with van der Waals surface area (Å²) in [5.41, 5.74) is 0.508. The lowest BCUT2D eigenvalue weighted by atomic mass is 9.82. The van der Waals surface area contributed by atoms with Crippen molar-refractivity contribution in [2.75, 3.05) is 23.0 Å². The zero-order chi connectivity index (χ0) is 28.1. The van der Waals surface area contributed by atoms with Crippen LogP contribution in [0.2, 0.25) is 18.6 Å². The highest BCUT2D eigenvalue weighted by Crippen LogP contribution is 2.60. The molecule has 0 radical (unpaired) electrons. The Morgan fingerprint density at radius 1 is 1.18 bits per heavy atom. The van der Waals surface area contributed by atoms with Crippen LogP contribution in [0.15, 0.2) is 42.5 Å². The summed E-state index contributed by atoms with van der Waals surface area (Å²) in [4.78, 5) is 52.7. The van der Waals surface area contributed by atoms with Crippen molar-refractivity contribution in [3.8, 4) is 0 Å². The summed E-state index contributed by atoms with van der Waals surface area (Å²) in [5, 5.41) is 21.5. The van der Waals surface area contributed by atoms with E-state index in [1.54, 1.807) is 29.0 Å². The molecule has 3 heterocycles. The Hall–Kier alpha value is -3.12. The van der Waals surface area contributed by atoms with E-state index in [2.05, 4.69) is 0 Å². The second-order valence-corrected chi connectivity index (χ2v) is 15.4. The van der Waals surface area contributed by atoms with Gasteiger partial charge in [-0.25, -0.2) is 0 Å². The largest absolute Gasteiger partial charge is 0.432 e. The lowest BCUT2D eigenvalue weighted by molar-refractivity contribution is -0.385. The van der Waals surface area contributed by atoms with Crippen LogP contribution in [0.5, 0.6) is 0 Å². The van der Waals surface area contributed by atoms with Crippen molar-refractivity contribution in [2.45, 2.75) is 69.5 Å². The SMILES string of the molecule is C[C@H]1[C@H]([Si](C)(C)O)[C@@H](CCO)O[C@]12C(=O)N(Cc1cccc(N3CCCCC3=O)c1)c1ccc([N+](=O)[O-])cc12. The molecule has 0 unspecified atom stereocenters. The predicted octanol–water partition coefficient (Wildman–Crippen LogP) is 3.84. The number of anilines is 2. The lowest BCUT2D eigenvalue weighted by Gasteiger charge is -2.32. The van der Waals surface area contributed by atoms with Crippen molar-refractivity contribution >= 4 is 37.2 Å². The molecule has 2 saturated heterocycles. The molecular formula is C28H35N3O7Si. The van der Waals surface area contributed by atoms with E-state index in [1.165, 1.54) is 12.1 Å². The van der Waals surface area contributed by atoms with Gasteiger partial charge in [-0.1, -0.05) is 19.1 Å². The second-order valence-electron chi connectivity index (χ2n) is 11.4. The summed E-state index contributed by atoms with van der Waals surface area (Å²) in [7, 11) is -2.88. The summed E-state index contributed by atoms with van der Waals surface area (Å²) in [6.07, 6.45) is 2.01. The minimum Gasteiger partial charge on any atom is -0.432 e. The number of benzene rings is 2. The van der Waals surface area contributed by atoms with Crippen molar-refractivity contribution in [3.63, 3.8) is 0 Å². The number of non-ortho nitro benzene ring substituents is 1. The van der Waals surface area contributed by atoms with Gasteiger partial charge in [-0.2, -0.15) is 0 Å². The molecule has 2 aromatic rings. The molecule has 11 heteroatoms. The van der Waals surface area contributed by atoms with Crippen molar-refractivity contribution < 1.29 is 29.2 Å². The maximum absolute atomic E-state index is 14.4. The average molecular weight is 554 g/mol. The maximum Gasteiger partial charge on any atom is 0.269 e. The van der Waals surface area contributed by atoms with Crippen LogP contribution in [-0.4, -0.2) is 54.2 Å². The third-order valence-electron chi connectivity index (χ3n) is 8.48. The van der Waals surface area contributed by atoms with Gasteiger partial charge in [0.2, 0.25) is 5.91 Å². The van der Waals surface area contributed by atoms with Gasteiger partial charge in [-0.3, -0.25) is 19.7 Å². The van der Waals surface area contributed by atoms with Crippen molar-refractivity contribution in [1.29, 1.82) is 0 Å². The highest BCUT2D eigenvalue weighted by Gasteiger charge is 2.66. The number of amides is 2. The molecule has 2 amide bonds. The minimum atomic E-state index is -2.88. The Kier molecular flexibility index (Phi) is 7.12. The molecular weight excluding hydrogens is 518 g/mol. The van der Waals surface area contributed by atoms with E-state index in [-0.39, 0.29) is 42.6 Å². The monoisotopic (exact) mass is 553 g/mol. The van der Waals surface area contributed by atoms with Crippen LogP contribution in [0.3, 0.4) is 0 Å². The summed E-state index contributed by atoms with van der Waals surface area (Å²) < 4.78 is 6.52. The first-order chi connectivity index (χ1) is 18.5. The van der Waals surface area contributed by atoms with Crippen LogP contribution in [-0.2, 0) is 26.5 Å². The fourth-order valence-corrected chi connectivity index (χ4v) is 9.42. The number of piperidine rings is 1. The topological polar surface area (TPSA) is 133 Å². The third kappa shape index (κ3) is 4.56. The van der Waals surface area contributed by atoms with E-state index in [1.807, 2.05) is 31.2 Å². The highest BCUT2D eigenvalue weighted by molar-refractivity contribution is 6.71. The number of hydrogen-bond acceptors (Lipinski definition) is 7. The fraction of sp³-hybridized carbons (Fsp3) is 0.500. The van der Waals surface area contributed by atoms with Crippen LogP contribution < -0.4 is 9.80 Å². The Labute approximate surface area is 228 Å². The zero-order valence-corrected chi connectivity index (χ0v) is 23.5. The molecule has 208 valence electrons. The van der Waals surface area contributed by atoms with Crippen LogP contribution in [0.4, 0.5) is 17.1 Å². The van der Waals surface area contributed by atoms with E-state index < -0.39 is 30.9 Å². The fourth-order valence-electron chi connectivity index (χ4n) is 6.82. The van der Waals surface area contributed by atoms with Crippen LogP contribution in [0.25, 0.3) is 0 Å². The predicted molar refractivity (Wildman–Crippen MR) is 148 cm³/mol. The van der Waals surface area contributed by atoms with Gasteiger partial charge in [0, 0.05) is 54.4 Å². The maximum atomic E-state index is 14.4. The first kappa shape index (κ1) is 27.4. The van der Waals surface area contributed by atoms with Crippen LogP contribution >= 0.6 is 0 Å². The average Bonchev–Trinajstić information content (AvgIpc) is 3.31. The molecule has 3 aliphatic rings. The molecule has 2 aromatic carbocycles. The van der Waals surface area contributed by atoms with Gasteiger partial charge in [0.25, 0.3) is 11.6 Å². The quantitative estimate of drug-likeness (QED) is 0.302. The van der Waals surface area contributed by atoms with Crippen molar-refractivity contribution in [2.24, 2.45) is 5.92 Å². The molecule has 0 bridgehead atoms. The normalized spacial score (nSPS) is 26.9. The van der Waals surface area contributed by atoms with Crippen molar-refractivity contribution in [1.82, 2.24) is 0 Å². The standard InChI is InChI=1S/C28H35N3O7Si/c1-18-26(39(2,3)37)24(12-14-32)38-28(18)22-16-21(31(35)36)10-11-23(22)30(27(28)34)17-19-7-6-8-20(15-19)29-13-5-4-9-25(29)33/h6-8,10-11,15-16,18,24,26,32,37H,4-5,9,12-14,17H2,1-3H3/t18-,24+,26-,28+/m0/s1. The number of ether oxygens (including phenoxy) is 1. The molecule has 1 spiro atoms. The van der Waals surface area contributed by atoms with Gasteiger partial charge in [0.1, 0.15) is 0 Å². The van der Waals surface area contributed by atoms with Gasteiger partial charge in [0.05, 0.1) is 23.3 Å². The summed E-state index contributed by atoms with van der Waals surface area (Å²) in [6, 6.07) is 11.9. The minimum absolute atomic E-state index is 0.0807. The van der Waals surface area contributed by atoms with E-state index in [4.69, 9.17) is 4.74 Å². The number of aliphatic hydroxyl groups is 1. The number of carbonyl (C=O) groups excluding carboxylic acids is 2. The number of rotatable bonds is 7. The Morgan fingerprint density at radius 3 is 2.62 bits per heavy atom. The lowest BCUT2D eigenvalue weighted by Crippen LogP contribution is -2.46. The molecule has 10 nitrogen and oxygen atoms in total. The van der Waals surface area contributed by atoms with Gasteiger partial charge >= 0.3 is 0 Å². The molecule has 2 fully saturated rings. The van der Waals surface area contributed by atoms with E-state index >= 15 is 0 Å². The number of fused-ring (bicyclic) bond motifs is 2. The Balaban J connectivity index is 1.57. The highest BCUT2D eigenvalue weighted by atomic mass is 28.4. The molecule has 3 aliphatic heterocycles. The smallest absolute Gasteiger partial charge is 0.269 e. The third-order valence-corrected chi connectivity index (χ3v) is 11.0. The van der Waals surface area contributed by atoms with Crippen molar-refractivity contribution in [3.05, 3.63) is 63.7 Å². The van der Waals surface area contributed by atoms with Crippen LogP contribution in [0, 0.1) is 16.0 Å². The number of nitrogens with zero attached hydrogens (tertiary/aromatic N) is 3. The van der Waals surface area contributed by atoms with Crippen LogP contribution in [0.1, 0.15) is 43.7 Å². The molecule has 4 atom stereocenters. The number of aliphatic hydroxyl groups excluding tert-OH is 1. The first-order valence-corrected chi connectivity index (χ1v) is 16.5. The summed E-state index contributed by atoms with van der Waals surface area (Å²) in [6.45, 7) is 6.11.